The van der Waals surface area contributed by atoms with E-state index in [1.54, 1.807) is 43.3 Å². The van der Waals surface area contributed by atoms with Crippen LogP contribution in [0.5, 0.6) is 0 Å². The SMILES string of the molecule is CCOC(=O)C1C(=O)C(O)(c2ccc(C)cc2)CC1c1ccc(Cl)cc1. The quantitative estimate of drug-likeness (QED) is 0.655. The summed E-state index contributed by atoms with van der Waals surface area (Å²) >= 11 is 5.95. The topological polar surface area (TPSA) is 63.6 Å². The molecule has 4 nitrogen and oxygen atoms in total. The first-order valence-corrected chi connectivity index (χ1v) is 9.00. The van der Waals surface area contributed by atoms with Crippen LogP contribution in [-0.2, 0) is 19.9 Å². The second kappa shape index (κ2) is 7.22. The minimum absolute atomic E-state index is 0.125. The Balaban J connectivity index is 2.04. The summed E-state index contributed by atoms with van der Waals surface area (Å²) in [4.78, 5) is 25.6. The van der Waals surface area contributed by atoms with Gasteiger partial charge in [0.1, 0.15) is 11.5 Å². The van der Waals surface area contributed by atoms with Gasteiger partial charge in [-0.3, -0.25) is 9.59 Å². The first-order chi connectivity index (χ1) is 12.4. The molecule has 3 unspecified atom stereocenters. The van der Waals surface area contributed by atoms with Crippen molar-refractivity contribution in [3.05, 3.63) is 70.2 Å². The third kappa shape index (κ3) is 3.27. The van der Waals surface area contributed by atoms with Crippen molar-refractivity contribution in [2.24, 2.45) is 5.92 Å². The summed E-state index contributed by atoms with van der Waals surface area (Å²) in [6.45, 7) is 3.81. The van der Waals surface area contributed by atoms with Gasteiger partial charge in [-0.2, -0.15) is 0 Å². The van der Waals surface area contributed by atoms with Crippen LogP contribution in [0.1, 0.15) is 36.0 Å². The number of hydrogen-bond acceptors (Lipinski definition) is 4. The molecule has 1 aliphatic carbocycles. The Labute approximate surface area is 157 Å². The number of esters is 1. The van der Waals surface area contributed by atoms with Crippen LogP contribution in [0.2, 0.25) is 5.02 Å². The predicted molar refractivity (Wildman–Crippen MR) is 99.0 cm³/mol. The van der Waals surface area contributed by atoms with Crippen LogP contribution in [0.25, 0.3) is 0 Å². The minimum atomic E-state index is -1.71. The van der Waals surface area contributed by atoms with Crippen molar-refractivity contribution in [1.29, 1.82) is 0 Å². The maximum atomic E-state index is 13.1. The van der Waals surface area contributed by atoms with Gasteiger partial charge in [-0.15, -0.1) is 0 Å². The lowest BCUT2D eigenvalue weighted by Gasteiger charge is -2.22. The molecule has 2 aromatic carbocycles. The molecular weight excluding hydrogens is 352 g/mol. The average molecular weight is 373 g/mol. The van der Waals surface area contributed by atoms with Gasteiger partial charge in [0.25, 0.3) is 0 Å². The van der Waals surface area contributed by atoms with Gasteiger partial charge in [-0.05, 0) is 43.5 Å². The van der Waals surface area contributed by atoms with Crippen molar-refractivity contribution in [2.75, 3.05) is 6.61 Å². The fourth-order valence-corrected chi connectivity index (χ4v) is 3.72. The zero-order chi connectivity index (χ0) is 18.9. The molecule has 136 valence electrons. The van der Waals surface area contributed by atoms with E-state index in [2.05, 4.69) is 0 Å². The van der Waals surface area contributed by atoms with Crippen LogP contribution in [0.15, 0.2) is 48.5 Å². The molecule has 1 N–H and O–H groups in total. The van der Waals surface area contributed by atoms with Crippen LogP contribution in [0.3, 0.4) is 0 Å². The summed E-state index contributed by atoms with van der Waals surface area (Å²) in [5, 5.41) is 11.8. The molecular formula is C21H21ClO4. The molecule has 0 spiro atoms. The van der Waals surface area contributed by atoms with E-state index in [1.807, 2.05) is 19.1 Å². The highest BCUT2D eigenvalue weighted by Crippen LogP contribution is 2.48. The Morgan fingerprint density at radius 1 is 1.19 bits per heavy atom. The smallest absolute Gasteiger partial charge is 0.317 e. The number of aryl methyl sites for hydroxylation is 1. The van der Waals surface area contributed by atoms with Gasteiger partial charge < -0.3 is 9.84 Å². The summed E-state index contributed by atoms with van der Waals surface area (Å²) in [5.74, 6) is -2.62. The summed E-state index contributed by atoms with van der Waals surface area (Å²) < 4.78 is 5.12. The number of ketones is 1. The van der Waals surface area contributed by atoms with Gasteiger partial charge in [-0.1, -0.05) is 53.6 Å². The van der Waals surface area contributed by atoms with Crippen molar-refractivity contribution in [1.82, 2.24) is 0 Å². The van der Waals surface area contributed by atoms with Crippen LogP contribution in [0.4, 0.5) is 0 Å². The molecule has 1 aliphatic rings. The zero-order valence-electron chi connectivity index (χ0n) is 14.7. The predicted octanol–water partition coefficient (Wildman–Crippen LogP) is 3.77. The van der Waals surface area contributed by atoms with Crippen LogP contribution in [-0.4, -0.2) is 23.5 Å². The lowest BCUT2D eigenvalue weighted by molar-refractivity contribution is -0.154. The molecule has 2 aromatic rings. The molecule has 5 heteroatoms. The Hall–Kier alpha value is -2.17. The van der Waals surface area contributed by atoms with E-state index in [1.165, 1.54) is 0 Å². The number of aliphatic hydroxyl groups is 1. The standard InChI is InChI=1S/C21H21ClO4/c1-3-26-20(24)18-17(14-6-10-16(22)11-7-14)12-21(25,19(18)23)15-8-4-13(2)5-9-15/h4-11,17-18,25H,3,12H2,1-2H3. The Morgan fingerprint density at radius 2 is 1.81 bits per heavy atom. The molecule has 26 heavy (non-hydrogen) atoms. The highest BCUT2D eigenvalue weighted by atomic mass is 35.5. The van der Waals surface area contributed by atoms with Crippen LogP contribution < -0.4 is 0 Å². The number of carbonyl (C=O) groups is 2. The average Bonchev–Trinajstić information content (AvgIpc) is 2.89. The Kier molecular flexibility index (Phi) is 5.17. The van der Waals surface area contributed by atoms with E-state index in [-0.39, 0.29) is 13.0 Å². The number of ether oxygens (including phenoxy) is 1. The number of carbonyl (C=O) groups excluding carboxylic acids is 2. The summed E-state index contributed by atoms with van der Waals surface area (Å²) in [6, 6.07) is 14.2. The lowest BCUT2D eigenvalue weighted by atomic mass is 9.88. The van der Waals surface area contributed by atoms with Crippen molar-refractivity contribution in [2.45, 2.75) is 31.8 Å². The van der Waals surface area contributed by atoms with Gasteiger partial charge in [0.15, 0.2) is 5.78 Å². The Bertz CT molecular complexity index is 813. The van der Waals surface area contributed by atoms with Gasteiger partial charge >= 0.3 is 5.97 Å². The molecule has 0 aromatic heterocycles. The molecule has 0 saturated heterocycles. The number of benzene rings is 2. The molecule has 1 saturated carbocycles. The second-order valence-electron chi connectivity index (χ2n) is 6.68. The summed E-state index contributed by atoms with van der Waals surface area (Å²) in [6.07, 6.45) is 0.125. The van der Waals surface area contributed by atoms with E-state index in [4.69, 9.17) is 16.3 Å². The fraction of sp³-hybridized carbons (Fsp3) is 0.333. The normalized spacial score (nSPS) is 25.3. The highest BCUT2D eigenvalue weighted by molar-refractivity contribution is 6.30. The van der Waals surface area contributed by atoms with E-state index in [0.717, 1.165) is 11.1 Å². The molecule has 3 atom stereocenters. The maximum absolute atomic E-state index is 13.1. The maximum Gasteiger partial charge on any atom is 0.317 e. The molecule has 0 heterocycles. The zero-order valence-corrected chi connectivity index (χ0v) is 15.5. The third-order valence-electron chi connectivity index (χ3n) is 4.98. The molecule has 0 bridgehead atoms. The number of Topliss-reactive ketones (excluding diaryl/α,β-unsaturated/α-hetero) is 1. The first-order valence-electron chi connectivity index (χ1n) is 8.62. The van der Waals surface area contributed by atoms with Crippen molar-refractivity contribution >= 4 is 23.4 Å². The van der Waals surface area contributed by atoms with Gasteiger partial charge in [0.2, 0.25) is 0 Å². The van der Waals surface area contributed by atoms with E-state index >= 15 is 0 Å². The summed E-state index contributed by atoms with van der Waals surface area (Å²) in [5.41, 5.74) is 0.594. The van der Waals surface area contributed by atoms with E-state index in [9.17, 15) is 14.7 Å². The van der Waals surface area contributed by atoms with Gasteiger partial charge in [0.05, 0.1) is 6.61 Å². The molecule has 0 radical (unpaired) electrons. The largest absolute Gasteiger partial charge is 0.465 e. The van der Waals surface area contributed by atoms with E-state index in [0.29, 0.717) is 10.6 Å². The van der Waals surface area contributed by atoms with Crippen LogP contribution in [0, 0.1) is 12.8 Å². The number of rotatable bonds is 4. The van der Waals surface area contributed by atoms with Crippen LogP contribution >= 0.6 is 11.6 Å². The molecule has 1 fully saturated rings. The van der Waals surface area contributed by atoms with E-state index < -0.39 is 29.2 Å². The van der Waals surface area contributed by atoms with Crippen molar-refractivity contribution in [3.8, 4) is 0 Å². The van der Waals surface area contributed by atoms with Gasteiger partial charge in [-0.25, -0.2) is 0 Å². The molecule has 3 rings (SSSR count). The third-order valence-corrected chi connectivity index (χ3v) is 5.23. The van der Waals surface area contributed by atoms with Crippen molar-refractivity contribution < 1.29 is 19.4 Å². The molecule has 0 aliphatic heterocycles. The number of hydrogen-bond donors (Lipinski definition) is 1. The Morgan fingerprint density at radius 3 is 2.38 bits per heavy atom. The monoisotopic (exact) mass is 372 g/mol. The van der Waals surface area contributed by atoms with Gasteiger partial charge in [0, 0.05) is 10.9 Å². The lowest BCUT2D eigenvalue weighted by Crippen LogP contribution is -2.36. The fourth-order valence-electron chi connectivity index (χ4n) is 3.59. The first kappa shape index (κ1) is 18.6. The van der Waals surface area contributed by atoms with Crippen molar-refractivity contribution in [3.63, 3.8) is 0 Å². The number of halogens is 1. The summed E-state index contributed by atoms with van der Waals surface area (Å²) in [7, 11) is 0. The molecule has 0 amide bonds. The minimum Gasteiger partial charge on any atom is -0.465 e. The highest BCUT2D eigenvalue weighted by Gasteiger charge is 2.56. The second-order valence-corrected chi connectivity index (χ2v) is 7.12.